The number of ether oxygens (including phenoxy) is 1. The number of carbonyl (C=O) groups is 5. The molecule has 5 unspecified atom stereocenters. The molecule has 3 N–H and O–H groups in total. The van der Waals surface area contributed by atoms with Crippen LogP contribution in [0.15, 0.2) is 24.3 Å². The van der Waals surface area contributed by atoms with Crippen LogP contribution in [0.2, 0.25) is 0 Å². The molecule has 1 aromatic carbocycles. The second-order valence-corrected chi connectivity index (χ2v) is 14.3. The molecule has 1 aliphatic carbocycles. The third-order valence-electron chi connectivity index (χ3n) is 9.73. The van der Waals surface area contributed by atoms with Gasteiger partial charge in [-0.2, -0.15) is 0 Å². The molecule has 0 spiro atoms. The van der Waals surface area contributed by atoms with Crippen LogP contribution >= 0.6 is 0 Å². The molecular weight excluding hydrogens is 590 g/mol. The highest BCUT2D eigenvalue weighted by Crippen LogP contribution is 2.36. The highest BCUT2D eigenvalue weighted by atomic mass is 16.6. The molecule has 46 heavy (non-hydrogen) atoms. The highest BCUT2D eigenvalue weighted by molar-refractivity contribution is 5.94. The molecule has 0 aromatic heterocycles. The summed E-state index contributed by atoms with van der Waals surface area (Å²) < 4.78 is 5.51. The molecule has 1 aromatic rings. The zero-order chi connectivity index (χ0) is 33.0. The van der Waals surface area contributed by atoms with E-state index in [1.54, 1.807) is 45.0 Å². The number of carbonyl (C=O) groups excluding carboxylic acids is 5. The van der Waals surface area contributed by atoms with E-state index in [1.165, 1.54) is 22.6 Å². The van der Waals surface area contributed by atoms with Crippen LogP contribution in [0.4, 0.5) is 4.79 Å². The van der Waals surface area contributed by atoms with Crippen LogP contribution in [0.25, 0.3) is 0 Å². The summed E-state index contributed by atoms with van der Waals surface area (Å²) in [4.78, 5) is 71.4. The van der Waals surface area contributed by atoms with Crippen molar-refractivity contribution in [2.45, 2.75) is 102 Å². The second kappa shape index (κ2) is 14.3. The molecule has 5 amide bonds. The Bertz CT molecular complexity index is 1280. The van der Waals surface area contributed by atoms with Crippen molar-refractivity contribution in [2.24, 2.45) is 11.8 Å². The number of aromatic hydroxyl groups is 1. The summed E-state index contributed by atoms with van der Waals surface area (Å²) in [5.74, 6) is -0.235. The van der Waals surface area contributed by atoms with Crippen molar-refractivity contribution in [1.82, 2.24) is 25.3 Å². The molecular formula is C34H49N5O7. The Morgan fingerprint density at radius 2 is 1.48 bits per heavy atom. The summed E-state index contributed by atoms with van der Waals surface area (Å²) >= 11 is 0. The van der Waals surface area contributed by atoms with Crippen LogP contribution in [0.3, 0.4) is 0 Å². The Balaban J connectivity index is 1.18. The van der Waals surface area contributed by atoms with E-state index in [2.05, 4.69) is 10.6 Å². The first kappa shape index (κ1) is 33.5. The summed E-state index contributed by atoms with van der Waals surface area (Å²) in [6.07, 6.45) is 6.59. The van der Waals surface area contributed by atoms with Gasteiger partial charge in [-0.05, 0) is 88.8 Å². The van der Waals surface area contributed by atoms with E-state index in [0.717, 1.165) is 18.4 Å². The van der Waals surface area contributed by atoms with Crippen LogP contribution in [0.1, 0.15) is 77.7 Å². The van der Waals surface area contributed by atoms with Gasteiger partial charge in [0.15, 0.2) is 0 Å². The van der Waals surface area contributed by atoms with Gasteiger partial charge in [-0.3, -0.25) is 24.1 Å². The molecule has 252 valence electrons. The number of benzene rings is 1. The molecule has 5 rings (SSSR count). The zero-order valence-electron chi connectivity index (χ0n) is 27.3. The van der Waals surface area contributed by atoms with Crippen molar-refractivity contribution in [3.63, 3.8) is 0 Å². The van der Waals surface area contributed by atoms with Crippen LogP contribution in [0, 0.1) is 11.8 Å². The topological polar surface area (TPSA) is 149 Å². The molecule has 3 aliphatic heterocycles. The fourth-order valence-corrected chi connectivity index (χ4v) is 7.46. The van der Waals surface area contributed by atoms with Gasteiger partial charge in [0.1, 0.15) is 29.5 Å². The van der Waals surface area contributed by atoms with Gasteiger partial charge < -0.3 is 30.3 Å². The summed E-state index contributed by atoms with van der Waals surface area (Å²) in [7, 11) is 0. The first-order chi connectivity index (χ1) is 21.9. The predicted octanol–water partition coefficient (Wildman–Crippen LogP) is 2.57. The van der Waals surface area contributed by atoms with Gasteiger partial charge in [-0.1, -0.05) is 25.0 Å². The van der Waals surface area contributed by atoms with Crippen molar-refractivity contribution in [3.8, 4) is 5.75 Å². The number of hydrogen-bond acceptors (Lipinski definition) is 7. The van der Waals surface area contributed by atoms with E-state index >= 15 is 0 Å². The first-order valence-corrected chi connectivity index (χ1v) is 16.8. The Kier molecular flexibility index (Phi) is 10.4. The van der Waals surface area contributed by atoms with Crippen LogP contribution in [-0.2, 0) is 30.3 Å². The Labute approximate surface area is 271 Å². The maximum Gasteiger partial charge on any atom is 0.410 e. The minimum absolute atomic E-state index is 0.118. The number of phenols is 1. The Morgan fingerprint density at radius 3 is 2.11 bits per heavy atom. The predicted molar refractivity (Wildman–Crippen MR) is 169 cm³/mol. The monoisotopic (exact) mass is 639 g/mol. The number of nitrogens with one attached hydrogen (secondary N) is 2. The quantitative estimate of drug-likeness (QED) is 0.396. The van der Waals surface area contributed by atoms with Crippen LogP contribution < -0.4 is 10.6 Å². The smallest absolute Gasteiger partial charge is 0.410 e. The summed E-state index contributed by atoms with van der Waals surface area (Å²) in [5.41, 5.74) is 0.106. The fourth-order valence-electron chi connectivity index (χ4n) is 7.46. The van der Waals surface area contributed by atoms with Crippen molar-refractivity contribution < 1.29 is 33.8 Å². The molecule has 3 saturated heterocycles. The van der Waals surface area contributed by atoms with Gasteiger partial charge in [0.05, 0.1) is 6.54 Å². The molecule has 5 atom stereocenters. The lowest BCUT2D eigenvalue weighted by Crippen LogP contribution is -2.55. The number of hydrogen-bond donors (Lipinski definition) is 3. The SMILES string of the molecule is CC(C)(C)OC(=O)N1CCCC1C(=O)N1CCCC1C(=O)NCC(=O)NC(Cc1ccc(O)cc1)C(=O)N1CC2CCCCC2C1. The van der Waals surface area contributed by atoms with E-state index in [9.17, 15) is 29.1 Å². The zero-order valence-corrected chi connectivity index (χ0v) is 27.3. The van der Waals surface area contributed by atoms with Crippen molar-refractivity contribution >= 4 is 29.7 Å². The maximum atomic E-state index is 13.7. The van der Waals surface area contributed by atoms with Gasteiger partial charge in [0.2, 0.25) is 23.6 Å². The lowest BCUT2D eigenvalue weighted by Gasteiger charge is -2.32. The molecule has 12 nitrogen and oxygen atoms in total. The molecule has 0 bridgehead atoms. The number of nitrogens with zero attached hydrogens (tertiary/aromatic N) is 3. The lowest BCUT2D eigenvalue weighted by molar-refractivity contribution is -0.142. The summed E-state index contributed by atoms with van der Waals surface area (Å²) in [5, 5.41) is 15.2. The van der Waals surface area contributed by atoms with E-state index in [0.29, 0.717) is 63.7 Å². The van der Waals surface area contributed by atoms with Crippen LogP contribution in [-0.4, -0.2) is 106 Å². The average molecular weight is 640 g/mol. The van der Waals surface area contributed by atoms with E-state index < -0.39 is 41.6 Å². The minimum Gasteiger partial charge on any atom is -0.508 e. The average Bonchev–Trinajstić information content (AvgIpc) is 3.78. The second-order valence-electron chi connectivity index (χ2n) is 14.3. The largest absolute Gasteiger partial charge is 0.508 e. The highest BCUT2D eigenvalue weighted by Gasteiger charge is 2.43. The summed E-state index contributed by atoms with van der Waals surface area (Å²) in [6, 6.07) is 4.31. The Morgan fingerprint density at radius 1 is 0.870 bits per heavy atom. The van der Waals surface area contributed by atoms with Gasteiger partial charge in [-0.25, -0.2) is 4.79 Å². The van der Waals surface area contributed by atoms with Gasteiger partial charge in [0.25, 0.3) is 0 Å². The molecule has 12 heteroatoms. The van der Waals surface area contributed by atoms with Crippen molar-refractivity contribution in [2.75, 3.05) is 32.7 Å². The maximum absolute atomic E-state index is 13.7. The van der Waals surface area contributed by atoms with Crippen LogP contribution in [0.5, 0.6) is 5.75 Å². The lowest BCUT2D eigenvalue weighted by atomic mass is 9.82. The standard InChI is InChI=1S/C34H49N5O7/c1-34(2,3)46-33(45)39-17-7-11-28(39)32(44)38-16-6-10-27(38)30(42)35-19-29(41)36-26(18-22-12-14-25(40)15-13-22)31(43)37-20-23-8-4-5-9-24(23)21-37/h12-15,23-24,26-28,40H,4-11,16-21H2,1-3H3,(H,35,42)(H,36,41). The number of amides is 5. The fraction of sp³-hybridized carbons (Fsp3) is 0.676. The summed E-state index contributed by atoms with van der Waals surface area (Å²) in [6.45, 7) is 7.19. The Hall–Kier alpha value is -3.83. The molecule has 1 saturated carbocycles. The van der Waals surface area contributed by atoms with Gasteiger partial charge >= 0.3 is 6.09 Å². The van der Waals surface area contributed by atoms with E-state index in [1.807, 2.05) is 4.90 Å². The molecule has 3 heterocycles. The molecule has 4 fully saturated rings. The third-order valence-corrected chi connectivity index (χ3v) is 9.73. The number of fused-ring (bicyclic) bond motifs is 1. The van der Waals surface area contributed by atoms with Crippen molar-refractivity contribution in [3.05, 3.63) is 29.8 Å². The van der Waals surface area contributed by atoms with E-state index in [4.69, 9.17) is 4.74 Å². The number of rotatable bonds is 8. The first-order valence-electron chi connectivity index (χ1n) is 16.8. The molecule has 0 radical (unpaired) electrons. The van der Waals surface area contributed by atoms with E-state index in [-0.39, 0.29) is 30.5 Å². The number of phenolic OH excluding ortho intramolecular Hbond substituents is 1. The van der Waals surface area contributed by atoms with Gasteiger partial charge in [-0.15, -0.1) is 0 Å². The van der Waals surface area contributed by atoms with Gasteiger partial charge in [0, 0.05) is 32.6 Å². The number of likely N-dealkylation sites (tertiary alicyclic amines) is 3. The minimum atomic E-state index is -0.820. The van der Waals surface area contributed by atoms with Crippen molar-refractivity contribution in [1.29, 1.82) is 0 Å². The molecule has 4 aliphatic rings. The third kappa shape index (κ3) is 8.11. The normalized spacial score (nSPS) is 25.2.